The lowest BCUT2D eigenvalue weighted by molar-refractivity contribution is 0.0605. The van der Waals surface area contributed by atoms with Crippen LogP contribution >= 0.6 is 11.3 Å². The lowest BCUT2D eigenvalue weighted by atomic mass is 10.1. The van der Waals surface area contributed by atoms with E-state index in [0.717, 1.165) is 31.7 Å². The molecule has 1 aliphatic rings. The number of ether oxygens (including phenoxy) is 1. The second kappa shape index (κ2) is 7.43. The van der Waals surface area contributed by atoms with Gasteiger partial charge in [0.2, 0.25) is 0 Å². The van der Waals surface area contributed by atoms with Crippen LogP contribution in [0.15, 0.2) is 11.4 Å². The third kappa shape index (κ3) is 3.74. The molecule has 0 aromatic carbocycles. The fraction of sp³-hybridized carbons (Fsp3) is 0.600. The maximum absolute atomic E-state index is 12.4. The van der Waals surface area contributed by atoms with Gasteiger partial charge in [0.05, 0.1) is 24.1 Å². The minimum atomic E-state index is -0.0194. The van der Waals surface area contributed by atoms with Crippen molar-refractivity contribution in [2.24, 2.45) is 0 Å². The summed E-state index contributed by atoms with van der Waals surface area (Å²) in [6, 6.07) is 4.13. The van der Waals surface area contributed by atoms with Gasteiger partial charge in [-0.05, 0) is 6.42 Å². The minimum Gasteiger partial charge on any atom is -0.496 e. The number of thiophene rings is 1. The number of nitriles is 1. The second-order valence-corrected chi connectivity index (χ2v) is 6.02. The van der Waals surface area contributed by atoms with E-state index in [2.05, 4.69) is 17.9 Å². The van der Waals surface area contributed by atoms with Crippen molar-refractivity contribution in [3.63, 3.8) is 0 Å². The molecule has 1 aromatic heterocycles. The summed E-state index contributed by atoms with van der Waals surface area (Å²) in [5.74, 6) is 0.793. The quantitative estimate of drug-likeness (QED) is 0.837. The maximum atomic E-state index is 12.4. The van der Waals surface area contributed by atoms with Crippen molar-refractivity contribution in [1.82, 2.24) is 9.80 Å². The van der Waals surface area contributed by atoms with Gasteiger partial charge in [0.25, 0.3) is 5.91 Å². The van der Waals surface area contributed by atoms with Crippen molar-refractivity contribution in [2.75, 3.05) is 33.3 Å². The zero-order valence-electron chi connectivity index (χ0n) is 12.5. The molecule has 0 saturated carbocycles. The van der Waals surface area contributed by atoms with Crippen molar-refractivity contribution in [3.8, 4) is 11.8 Å². The van der Waals surface area contributed by atoms with Crippen molar-refractivity contribution in [1.29, 1.82) is 5.26 Å². The van der Waals surface area contributed by atoms with E-state index < -0.39 is 0 Å². The fourth-order valence-corrected chi connectivity index (χ4v) is 3.35. The molecule has 1 unspecified atom stereocenters. The van der Waals surface area contributed by atoms with Crippen molar-refractivity contribution >= 4 is 17.2 Å². The van der Waals surface area contributed by atoms with Crippen molar-refractivity contribution in [3.05, 3.63) is 16.3 Å². The molecule has 2 heterocycles. The maximum Gasteiger partial charge on any atom is 0.264 e. The predicted molar refractivity (Wildman–Crippen MR) is 82.7 cm³/mol. The van der Waals surface area contributed by atoms with Crippen LogP contribution in [0.25, 0.3) is 0 Å². The number of methoxy groups -OCH3 is 1. The second-order valence-electron chi connectivity index (χ2n) is 5.11. The van der Waals surface area contributed by atoms with E-state index in [1.165, 1.54) is 11.3 Å². The molecular formula is C15H21N3O2S. The first-order valence-electron chi connectivity index (χ1n) is 7.25. The van der Waals surface area contributed by atoms with E-state index >= 15 is 0 Å². The highest BCUT2D eigenvalue weighted by molar-refractivity contribution is 7.12. The van der Waals surface area contributed by atoms with E-state index in [1.54, 1.807) is 13.2 Å². The first-order chi connectivity index (χ1) is 10.2. The Bertz CT molecular complexity index is 515. The Balaban J connectivity index is 1.91. The topological polar surface area (TPSA) is 56.6 Å². The van der Waals surface area contributed by atoms with Crippen LogP contribution in [0.2, 0.25) is 0 Å². The van der Waals surface area contributed by atoms with Crippen LogP contribution in [-0.2, 0) is 0 Å². The highest BCUT2D eigenvalue weighted by atomic mass is 32.1. The van der Waals surface area contributed by atoms with Crippen LogP contribution in [0, 0.1) is 11.3 Å². The summed E-state index contributed by atoms with van der Waals surface area (Å²) >= 11 is 1.41. The minimum absolute atomic E-state index is 0.0194. The summed E-state index contributed by atoms with van der Waals surface area (Å²) in [4.78, 5) is 17.2. The number of hydrogen-bond acceptors (Lipinski definition) is 5. The number of carbonyl (C=O) groups is 1. The van der Waals surface area contributed by atoms with E-state index in [0.29, 0.717) is 18.0 Å². The molecule has 6 heteroatoms. The van der Waals surface area contributed by atoms with Crippen molar-refractivity contribution in [2.45, 2.75) is 25.8 Å². The standard InChI is InChI=1S/C15H21N3O2S/c1-3-4-12(10-16)17-5-7-18(8-6-17)15(19)14-9-13(20-2)11-21-14/h9,11-12H,3-8H2,1-2H3. The van der Waals surface area contributed by atoms with Gasteiger partial charge in [0.1, 0.15) is 5.75 Å². The Kier molecular flexibility index (Phi) is 5.59. The van der Waals surface area contributed by atoms with Crippen LogP contribution < -0.4 is 4.74 Å². The Morgan fingerprint density at radius 1 is 1.48 bits per heavy atom. The molecule has 0 bridgehead atoms. The first kappa shape index (κ1) is 15.8. The number of carbonyl (C=O) groups excluding carboxylic acids is 1. The summed E-state index contributed by atoms with van der Waals surface area (Å²) in [5, 5.41) is 11.1. The molecule has 1 aromatic rings. The number of rotatable bonds is 5. The summed E-state index contributed by atoms with van der Waals surface area (Å²) < 4.78 is 5.12. The van der Waals surface area contributed by atoms with Gasteiger partial charge in [-0.3, -0.25) is 9.69 Å². The molecule has 114 valence electrons. The Hall–Kier alpha value is -1.58. The molecule has 0 N–H and O–H groups in total. The SMILES string of the molecule is CCCC(C#N)N1CCN(C(=O)c2cc(OC)cs2)CC1. The molecule has 0 aliphatic carbocycles. The predicted octanol–water partition coefficient (Wildman–Crippen LogP) is 2.21. The largest absolute Gasteiger partial charge is 0.496 e. The van der Waals surface area contributed by atoms with Crippen LogP contribution in [0.4, 0.5) is 0 Å². The van der Waals surface area contributed by atoms with Gasteiger partial charge < -0.3 is 9.64 Å². The molecule has 1 atom stereocenters. The fourth-order valence-electron chi connectivity index (χ4n) is 2.53. The van der Waals surface area contributed by atoms with Gasteiger partial charge in [-0.15, -0.1) is 11.3 Å². The van der Waals surface area contributed by atoms with Crippen molar-refractivity contribution < 1.29 is 9.53 Å². The zero-order chi connectivity index (χ0) is 15.2. The number of hydrogen-bond donors (Lipinski definition) is 0. The smallest absolute Gasteiger partial charge is 0.264 e. The van der Waals surface area contributed by atoms with Crippen LogP contribution in [0.3, 0.4) is 0 Å². The van der Waals surface area contributed by atoms with E-state index in [1.807, 2.05) is 10.3 Å². The Morgan fingerprint density at radius 2 is 2.19 bits per heavy atom. The van der Waals surface area contributed by atoms with Gasteiger partial charge in [-0.1, -0.05) is 13.3 Å². The first-order valence-corrected chi connectivity index (χ1v) is 8.13. The summed E-state index contributed by atoms with van der Waals surface area (Å²) in [6.45, 7) is 5.00. The van der Waals surface area contributed by atoms with Gasteiger partial charge in [-0.2, -0.15) is 5.26 Å². The Labute approximate surface area is 129 Å². The molecule has 1 aliphatic heterocycles. The normalized spacial score (nSPS) is 17.3. The van der Waals surface area contributed by atoms with E-state index in [-0.39, 0.29) is 11.9 Å². The molecule has 1 fully saturated rings. The zero-order valence-corrected chi connectivity index (χ0v) is 13.4. The van der Waals surface area contributed by atoms with Crippen LogP contribution in [-0.4, -0.2) is 55.0 Å². The molecule has 1 amide bonds. The summed E-state index contributed by atoms with van der Waals surface area (Å²) in [6.07, 6.45) is 1.90. The third-order valence-corrected chi connectivity index (χ3v) is 4.67. The van der Waals surface area contributed by atoms with Crippen LogP contribution in [0.1, 0.15) is 29.4 Å². The molecule has 0 spiro atoms. The molecule has 2 rings (SSSR count). The Morgan fingerprint density at radius 3 is 2.71 bits per heavy atom. The number of amides is 1. The van der Waals surface area contributed by atoms with E-state index in [4.69, 9.17) is 4.74 Å². The van der Waals surface area contributed by atoms with Gasteiger partial charge >= 0.3 is 0 Å². The average Bonchev–Trinajstić information content (AvgIpc) is 3.01. The molecule has 5 nitrogen and oxygen atoms in total. The number of piperazine rings is 1. The van der Waals surface area contributed by atoms with E-state index in [9.17, 15) is 10.1 Å². The van der Waals surface area contributed by atoms with Gasteiger partial charge in [0.15, 0.2) is 0 Å². The molecule has 0 radical (unpaired) electrons. The lowest BCUT2D eigenvalue weighted by Crippen LogP contribution is -2.51. The summed E-state index contributed by atoms with van der Waals surface area (Å²) in [5.41, 5.74) is 0. The molecule has 1 saturated heterocycles. The summed E-state index contributed by atoms with van der Waals surface area (Å²) in [7, 11) is 1.60. The monoisotopic (exact) mass is 307 g/mol. The lowest BCUT2D eigenvalue weighted by Gasteiger charge is -2.36. The molecular weight excluding hydrogens is 286 g/mol. The van der Waals surface area contributed by atoms with Crippen LogP contribution in [0.5, 0.6) is 5.75 Å². The highest BCUT2D eigenvalue weighted by Crippen LogP contribution is 2.23. The van der Waals surface area contributed by atoms with Gasteiger partial charge in [-0.25, -0.2) is 0 Å². The highest BCUT2D eigenvalue weighted by Gasteiger charge is 2.26. The third-order valence-electron chi connectivity index (χ3n) is 3.78. The average molecular weight is 307 g/mol. The molecule has 21 heavy (non-hydrogen) atoms. The van der Waals surface area contributed by atoms with Gasteiger partial charge in [0, 0.05) is 37.6 Å². The number of nitrogens with zero attached hydrogens (tertiary/aromatic N) is 3.